The van der Waals surface area contributed by atoms with Crippen LogP contribution in [0.5, 0.6) is 5.75 Å². The van der Waals surface area contributed by atoms with Crippen LogP contribution in [0.2, 0.25) is 0 Å². The minimum Gasteiger partial charge on any atom is -0.497 e. The Morgan fingerprint density at radius 3 is 2.40 bits per heavy atom. The molecule has 20 heavy (non-hydrogen) atoms. The van der Waals surface area contributed by atoms with Gasteiger partial charge in [-0.25, -0.2) is 0 Å². The Morgan fingerprint density at radius 2 is 1.80 bits per heavy atom. The molecule has 0 aromatic heterocycles. The van der Waals surface area contributed by atoms with Crippen molar-refractivity contribution in [1.29, 1.82) is 0 Å². The Kier molecular flexibility index (Phi) is 4.15. The number of carboxylic acid groups (broad SMARTS) is 1. The fraction of sp³-hybridized carbons (Fsp3) is 0.125. The van der Waals surface area contributed by atoms with Gasteiger partial charge < -0.3 is 9.84 Å². The van der Waals surface area contributed by atoms with Crippen molar-refractivity contribution in [1.82, 2.24) is 0 Å². The molecule has 1 N–H and O–H groups in total. The quantitative estimate of drug-likeness (QED) is 0.848. The number of ether oxygens (including phenoxy) is 1. The van der Waals surface area contributed by atoms with E-state index in [0.717, 1.165) is 0 Å². The number of benzene rings is 2. The van der Waals surface area contributed by atoms with Crippen LogP contribution >= 0.6 is 0 Å². The van der Waals surface area contributed by atoms with Crippen molar-refractivity contribution >= 4 is 11.8 Å². The molecule has 0 aliphatic rings. The molecule has 0 heterocycles. The normalized spacial score (nSPS) is 10.1. The number of hydrogen-bond donors (Lipinski definition) is 1. The second-order valence-corrected chi connectivity index (χ2v) is 4.29. The predicted octanol–water partition coefficient (Wildman–Crippen LogP) is 2.55. The summed E-state index contributed by atoms with van der Waals surface area (Å²) < 4.78 is 5.10. The molecule has 4 heteroatoms. The summed E-state index contributed by atoms with van der Waals surface area (Å²) in [6.07, 6.45) is -0.197. The van der Waals surface area contributed by atoms with Gasteiger partial charge in [0.05, 0.1) is 13.5 Å². The van der Waals surface area contributed by atoms with Crippen LogP contribution in [0.4, 0.5) is 0 Å². The van der Waals surface area contributed by atoms with Gasteiger partial charge >= 0.3 is 5.97 Å². The van der Waals surface area contributed by atoms with E-state index in [4.69, 9.17) is 9.84 Å². The molecule has 2 aromatic rings. The van der Waals surface area contributed by atoms with Gasteiger partial charge in [-0.2, -0.15) is 0 Å². The molecule has 0 atom stereocenters. The van der Waals surface area contributed by atoms with Crippen LogP contribution in [0.1, 0.15) is 21.5 Å². The Hall–Kier alpha value is -2.62. The molecular formula is C16H14O4. The molecule has 102 valence electrons. The van der Waals surface area contributed by atoms with Crippen LogP contribution in [-0.4, -0.2) is 24.0 Å². The maximum atomic E-state index is 12.5. The first-order valence-corrected chi connectivity index (χ1v) is 6.10. The number of aliphatic carboxylic acids is 1. The predicted molar refractivity (Wildman–Crippen MR) is 74.2 cm³/mol. The standard InChI is InChI=1S/C16H14O4/c1-20-13-8-7-12(9-15(17)18)14(10-13)16(19)11-5-3-2-4-6-11/h2-8,10H,9H2,1H3,(H,17,18). The van der Waals surface area contributed by atoms with Crippen LogP contribution < -0.4 is 4.74 Å². The van der Waals surface area contributed by atoms with Crippen molar-refractivity contribution in [2.75, 3.05) is 7.11 Å². The first kappa shape index (κ1) is 13.8. The van der Waals surface area contributed by atoms with E-state index in [1.807, 2.05) is 6.07 Å². The molecule has 0 fully saturated rings. The van der Waals surface area contributed by atoms with E-state index in [9.17, 15) is 9.59 Å². The van der Waals surface area contributed by atoms with E-state index in [2.05, 4.69) is 0 Å². The molecule has 0 aliphatic carbocycles. The van der Waals surface area contributed by atoms with Crippen molar-refractivity contribution in [2.45, 2.75) is 6.42 Å². The number of carbonyl (C=O) groups excluding carboxylic acids is 1. The number of carbonyl (C=O) groups is 2. The molecule has 2 aromatic carbocycles. The molecule has 0 saturated heterocycles. The minimum absolute atomic E-state index is 0.197. The number of rotatable bonds is 5. The summed E-state index contributed by atoms with van der Waals surface area (Å²) in [5.41, 5.74) is 1.36. The molecule has 4 nitrogen and oxygen atoms in total. The summed E-state index contributed by atoms with van der Waals surface area (Å²) in [4.78, 5) is 23.4. The van der Waals surface area contributed by atoms with Gasteiger partial charge in [0.1, 0.15) is 5.75 Å². The Labute approximate surface area is 116 Å². The maximum absolute atomic E-state index is 12.5. The third-order valence-corrected chi connectivity index (χ3v) is 2.94. The topological polar surface area (TPSA) is 63.6 Å². The van der Waals surface area contributed by atoms with Gasteiger partial charge in [-0.05, 0) is 17.7 Å². The van der Waals surface area contributed by atoms with Gasteiger partial charge in [0.2, 0.25) is 0 Å². The van der Waals surface area contributed by atoms with Gasteiger partial charge in [0.15, 0.2) is 5.78 Å². The van der Waals surface area contributed by atoms with Gasteiger partial charge in [0.25, 0.3) is 0 Å². The van der Waals surface area contributed by atoms with E-state index in [0.29, 0.717) is 22.4 Å². The smallest absolute Gasteiger partial charge is 0.307 e. The first-order valence-electron chi connectivity index (χ1n) is 6.10. The molecule has 0 radical (unpaired) electrons. The fourth-order valence-electron chi connectivity index (χ4n) is 1.96. The lowest BCUT2D eigenvalue weighted by atomic mass is 9.96. The zero-order valence-corrected chi connectivity index (χ0v) is 11.0. The summed E-state index contributed by atoms with van der Waals surface area (Å²) in [7, 11) is 1.50. The SMILES string of the molecule is COc1ccc(CC(=O)O)c(C(=O)c2ccccc2)c1. The second-order valence-electron chi connectivity index (χ2n) is 4.29. The number of methoxy groups -OCH3 is 1. The third-order valence-electron chi connectivity index (χ3n) is 2.94. The van der Waals surface area contributed by atoms with Crippen LogP contribution in [-0.2, 0) is 11.2 Å². The maximum Gasteiger partial charge on any atom is 0.307 e. The van der Waals surface area contributed by atoms with E-state index >= 15 is 0 Å². The Bertz CT molecular complexity index is 632. The summed E-state index contributed by atoms with van der Waals surface area (Å²) in [5.74, 6) is -0.656. The van der Waals surface area contributed by atoms with E-state index in [1.54, 1.807) is 42.5 Å². The zero-order valence-electron chi connectivity index (χ0n) is 11.0. The van der Waals surface area contributed by atoms with Crippen LogP contribution in [0, 0.1) is 0 Å². The highest BCUT2D eigenvalue weighted by atomic mass is 16.5. The largest absolute Gasteiger partial charge is 0.497 e. The molecule has 0 bridgehead atoms. The monoisotopic (exact) mass is 270 g/mol. The summed E-state index contributed by atoms with van der Waals surface area (Å²) >= 11 is 0. The van der Waals surface area contributed by atoms with Crippen molar-refractivity contribution in [2.24, 2.45) is 0 Å². The molecule has 0 aliphatic heterocycles. The Balaban J connectivity index is 2.47. The van der Waals surface area contributed by atoms with Gasteiger partial charge in [-0.1, -0.05) is 36.4 Å². The molecule has 0 amide bonds. The van der Waals surface area contributed by atoms with Crippen molar-refractivity contribution in [3.8, 4) is 5.75 Å². The molecule has 0 spiro atoms. The lowest BCUT2D eigenvalue weighted by molar-refractivity contribution is -0.136. The minimum atomic E-state index is -0.975. The highest BCUT2D eigenvalue weighted by molar-refractivity contribution is 6.10. The lowest BCUT2D eigenvalue weighted by Crippen LogP contribution is -2.09. The summed E-state index contributed by atoms with van der Waals surface area (Å²) in [6, 6.07) is 13.6. The van der Waals surface area contributed by atoms with Crippen molar-refractivity contribution in [3.63, 3.8) is 0 Å². The first-order chi connectivity index (χ1) is 9.61. The highest BCUT2D eigenvalue weighted by Gasteiger charge is 2.16. The molecule has 0 unspecified atom stereocenters. The van der Waals surface area contributed by atoms with E-state index < -0.39 is 5.97 Å². The third kappa shape index (κ3) is 3.03. The summed E-state index contributed by atoms with van der Waals surface area (Å²) in [5, 5.41) is 8.93. The van der Waals surface area contributed by atoms with Crippen molar-refractivity contribution in [3.05, 3.63) is 65.2 Å². The van der Waals surface area contributed by atoms with Crippen LogP contribution in [0.3, 0.4) is 0 Å². The number of ketones is 1. The number of carboxylic acids is 1. The van der Waals surface area contributed by atoms with E-state index in [-0.39, 0.29) is 12.2 Å². The molecule has 2 rings (SSSR count). The van der Waals surface area contributed by atoms with Gasteiger partial charge in [-0.15, -0.1) is 0 Å². The Morgan fingerprint density at radius 1 is 1.10 bits per heavy atom. The van der Waals surface area contributed by atoms with Crippen molar-refractivity contribution < 1.29 is 19.4 Å². The van der Waals surface area contributed by atoms with Crippen LogP contribution in [0.25, 0.3) is 0 Å². The summed E-state index contributed by atoms with van der Waals surface area (Å²) in [6.45, 7) is 0. The van der Waals surface area contributed by atoms with Crippen LogP contribution in [0.15, 0.2) is 48.5 Å². The molecule has 0 saturated carbocycles. The van der Waals surface area contributed by atoms with Gasteiger partial charge in [0, 0.05) is 11.1 Å². The average molecular weight is 270 g/mol. The molecular weight excluding hydrogens is 256 g/mol. The van der Waals surface area contributed by atoms with Gasteiger partial charge in [-0.3, -0.25) is 9.59 Å². The zero-order chi connectivity index (χ0) is 14.5. The number of hydrogen-bond acceptors (Lipinski definition) is 3. The second kappa shape index (κ2) is 6.02. The highest BCUT2D eigenvalue weighted by Crippen LogP contribution is 2.21. The average Bonchev–Trinajstić information content (AvgIpc) is 2.47. The fourth-order valence-corrected chi connectivity index (χ4v) is 1.96. The van der Waals surface area contributed by atoms with E-state index in [1.165, 1.54) is 7.11 Å². The lowest BCUT2D eigenvalue weighted by Gasteiger charge is -2.09.